The van der Waals surface area contributed by atoms with Gasteiger partial charge in [-0.1, -0.05) is 18.6 Å². The Morgan fingerprint density at radius 2 is 1.94 bits per heavy atom. The topological polar surface area (TPSA) is 79.9 Å². The SMILES string of the molecule is COCCN1CCCCC1.COc1cccc2c1SCc1c-2n[nH]c1C(=O)N1CCOCC1. The van der Waals surface area contributed by atoms with Gasteiger partial charge in [-0.3, -0.25) is 9.89 Å². The molecule has 8 nitrogen and oxygen atoms in total. The van der Waals surface area contributed by atoms with Crippen molar-refractivity contribution in [1.29, 1.82) is 0 Å². The Hall–Kier alpha value is -2.07. The van der Waals surface area contributed by atoms with Crippen LogP contribution in [0.3, 0.4) is 0 Å². The lowest BCUT2D eigenvalue weighted by Gasteiger charge is -2.27. The Labute approximate surface area is 199 Å². The maximum atomic E-state index is 12.7. The highest BCUT2D eigenvalue weighted by Gasteiger charge is 2.30. The summed E-state index contributed by atoms with van der Waals surface area (Å²) in [6.07, 6.45) is 4.18. The molecule has 0 atom stereocenters. The maximum Gasteiger partial charge on any atom is 0.272 e. The number of nitrogens with one attached hydrogen (secondary N) is 1. The molecule has 2 saturated heterocycles. The minimum absolute atomic E-state index is 0.00833. The van der Waals surface area contributed by atoms with Crippen LogP contribution in [0.5, 0.6) is 5.75 Å². The summed E-state index contributed by atoms with van der Waals surface area (Å²) >= 11 is 1.69. The molecule has 0 unspecified atom stereocenters. The van der Waals surface area contributed by atoms with E-state index in [4.69, 9.17) is 14.2 Å². The summed E-state index contributed by atoms with van der Waals surface area (Å²) in [7, 11) is 3.44. The molecule has 3 aliphatic heterocycles. The molecule has 2 fully saturated rings. The zero-order valence-corrected chi connectivity index (χ0v) is 20.4. The number of hydrogen-bond donors (Lipinski definition) is 1. The average molecular weight is 475 g/mol. The summed E-state index contributed by atoms with van der Waals surface area (Å²) in [5.41, 5.74) is 3.46. The van der Waals surface area contributed by atoms with E-state index in [1.807, 2.05) is 23.1 Å². The molecule has 0 bridgehead atoms. The number of H-pyrrole nitrogens is 1. The zero-order chi connectivity index (χ0) is 23.0. The molecule has 0 saturated carbocycles. The van der Waals surface area contributed by atoms with Gasteiger partial charge in [0.2, 0.25) is 0 Å². The number of carbonyl (C=O) groups excluding carboxylic acids is 1. The molecule has 9 heteroatoms. The number of benzene rings is 1. The number of methoxy groups -OCH3 is 2. The van der Waals surface area contributed by atoms with E-state index < -0.39 is 0 Å². The molecule has 5 rings (SSSR count). The number of carbonyl (C=O) groups is 1. The lowest BCUT2D eigenvalue weighted by molar-refractivity contribution is 0.0298. The molecule has 2 aromatic rings. The van der Waals surface area contributed by atoms with Gasteiger partial charge in [-0.05, 0) is 32.0 Å². The molecule has 1 amide bonds. The number of aromatic nitrogens is 2. The number of hydrogen-bond acceptors (Lipinski definition) is 7. The summed E-state index contributed by atoms with van der Waals surface area (Å²) in [6, 6.07) is 5.92. The number of likely N-dealkylation sites (tertiary alicyclic amines) is 1. The van der Waals surface area contributed by atoms with Gasteiger partial charge in [-0.15, -0.1) is 11.8 Å². The molecule has 0 spiro atoms. The number of amides is 1. The Morgan fingerprint density at radius 1 is 1.15 bits per heavy atom. The predicted molar refractivity (Wildman–Crippen MR) is 129 cm³/mol. The molecule has 0 radical (unpaired) electrons. The summed E-state index contributed by atoms with van der Waals surface area (Å²) in [5, 5.41) is 7.37. The van der Waals surface area contributed by atoms with Crippen LogP contribution in [0.25, 0.3) is 11.3 Å². The number of aromatic amines is 1. The van der Waals surface area contributed by atoms with Gasteiger partial charge in [-0.2, -0.15) is 5.10 Å². The van der Waals surface area contributed by atoms with E-state index in [0.717, 1.165) is 40.6 Å². The lowest BCUT2D eigenvalue weighted by Crippen LogP contribution is -2.41. The van der Waals surface area contributed by atoms with E-state index in [0.29, 0.717) is 37.8 Å². The Balaban J connectivity index is 0.000000219. The zero-order valence-electron chi connectivity index (χ0n) is 19.6. The van der Waals surface area contributed by atoms with Crippen molar-refractivity contribution in [1.82, 2.24) is 20.0 Å². The second-order valence-electron chi connectivity index (χ2n) is 8.35. The normalized spacial score (nSPS) is 18.1. The minimum Gasteiger partial charge on any atom is -0.496 e. The summed E-state index contributed by atoms with van der Waals surface area (Å²) in [5.74, 6) is 1.57. The maximum absolute atomic E-state index is 12.7. The summed E-state index contributed by atoms with van der Waals surface area (Å²) < 4.78 is 15.7. The average Bonchev–Trinajstić information content (AvgIpc) is 3.33. The van der Waals surface area contributed by atoms with Crippen LogP contribution in [-0.4, -0.2) is 92.7 Å². The Kier molecular flexibility index (Phi) is 8.66. The standard InChI is InChI=1S/C16H17N3O3S.C8H17NO/c1-21-12-4-2-3-10-13-11(9-23-15(10)12)14(18-17-13)16(20)19-5-7-22-8-6-19;1-10-8-7-9-5-3-2-4-6-9/h2-4H,5-9H2,1H3,(H,17,18);2-8H2,1H3. The van der Waals surface area contributed by atoms with E-state index in [1.54, 1.807) is 26.0 Å². The molecular formula is C24H34N4O4S. The smallest absolute Gasteiger partial charge is 0.272 e. The number of morpholine rings is 1. The van der Waals surface area contributed by atoms with E-state index in [1.165, 1.54) is 32.4 Å². The van der Waals surface area contributed by atoms with Crippen LogP contribution in [0.15, 0.2) is 23.1 Å². The first-order valence-corrected chi connectivity index (χ1v) is 12.7. The first kappa shape index (κ1) is 24.1. The Bertz CT molecular complexity index is 923. The minimum atomic E-state index is 0.00833. The second-order valence-corrected chi connectivity index (χ2v) is 9.34. The molecular weight excluding hydrogens is 440 g/mol. The fraction of sp³-hybridized carbons (Fsp3) is 0.583. The summed E-state index contributed by atoms with van der Waals surface area (Å²) in [6.45, 7) is 7.02. The summed E-state index contributed by atoms with van der Waals surface area (Å²) in [4.78, 5) is 18.1. The molecule has 1 N–H and O–H groups in total. The third kappa shape index (κ3) is 5.71. The van der Waals surface area contributed by atoms with Gasteiger partial charge in [-0.25, -0.2) is 0 Å². The fourth-order valence-electron chi connectivity index (χ4n) is 4.39. The number of thioether (sulfide) groups is 1. The predicted octanol–water partition coefficient (Wildman–Crippen LogP) is 3.28. The lowest BCUT2D eigenvalue weighted by atomic mass is 10.1. The monoisotopic (exact) mass is 474 g/mol. The van der Waals surface area contributed by atoms with Crippen LogP contribution in [0, 0.1) is 0 Å². The first-order valence-electron chi connectivity index (χ1n) is 11.7. The van der Waals surface area contributed by atoms with Crippen molar-refractivity contribution in [3.8, 4) is 17.0 Å². The van der Waals surface area contributed by atoms with Crippen LogP contribution in [0.1, 0.15) is 35.3 Å². The second kappa shape index (κ2) is 11.9. The number of rotatable bonds is 5. The van der Waals surface area contributed by atoms with Crippen molar-refractivity contribution < 1.29 is 19.0 Å². The van der Waals surface area contributed by atoms with Crippen molar-refractivity contribution in [2.24, 2.45) is 0 Å². The quantitative estimate of drug-likeness (QED) is 0.712. The Morgan fingerprint density at radius 3 is 2.67 bits per heavy atom. The largest absolute Gasteiger partial charge is 0.496 e. The molecule has 0 aliphatic carbocycles. The van der Waals surface area contributed by atoms with Gasteiger partial charge in [0.25, 0.3) is 5.91 Å². The molecule has 33 heavy (non-hydrogen) atoms. The van der Waals surface area contributed by atoms with Gasteiger partial charge in [0, 0.05) is 43.6 Å². The van der Waals surface area contributed by atoms with Crippen LogP contribution in [0.2, 0.25) is 0 Å². The van der Waals surface area contributed by atoms with E-state index in [2.05, 4.69) is 15.1 Å². The van der Waals surface area contributed by atoms with Crippen LogP contribution < -0.4 is 4.74 Å². The number of fused-ring (bicyclic) bond motifs is 3. The number of piperidine rings is 1. The van der Waals surface area contributed by atoms with Gasteiger partial charge < -0.3 is 24.0 Å². The van der Waals surface area contributed by atoms with Gasteiger partial charge in [0.15, 0.2) is 0 Å². The molecule has 1 aromatic heterocycles. The van der Waals surface area contributed by atoms with Gasteiger partial charge >= 0.3 is 0 Å². The molecule has 1 aromatic carbocycles. The van der Waals surface area contributed by atoms with Gasteiger partial charge in [0.05, 0.1) is 37.5 Å². The van der Waals surface area contributed by atoms with Gasteiger partial charge in [0.1, 0.15) is 11.4 Å². The van der Waals surface area contributed by atoms with Crippen molar-refractivity contribution in [2.45, 2.75) is 29.9 Å². The van der Waals surface area contributed by atoms with Crippen LogP contribution >= 0.6 is 11.8 Å². The van der Waals surface area contributed by atoms with Crippen LogP contribution in [-0.2, 0) is 15.2 Å². The number of ether oxygens (including phenoxy) is 3. The van der Waals surface area contributed by atoms with Crippen molar-refractivity contribution >= 4 is 17.7 Å². The first-order chi connectivity index (χ1) is 16.2. The van der Waals surface area contributed by atoms with E-state index in [-0.39, 0.29) is 5.91 Å². The van der Waals surface area contributed by atoms with E-state index >= 15 is 0 Å². The molecule has 3 aliphatic rings. The fourth-order valence-corrected chi connectivity index (χ4v) is 5.57. The third-order valence-electron chi connectivity index (χ3n) is 6.25. The molecule has 4 heterocycles. The highest BCUT2D eigenvalue weighted by Crippen LogP contribution is 2.46. The van der Waals surface area contributed by atoms with E-state index in [9.17, 15) is 4.79 Å². The van der Waals surface area contributed by atoms with Crippen molar-refractivity contribution in [3.05, 3.63) is 29.5 Å². The highest BCUT2D eigenvalue weighted by atomic mass is 32.2. The highest BCUT2D eigenvalue weighted by molar-refractivity contribution is 7.98. The molecule has 180 valence electrons. The van der Waals surface area contributed by atoms with Crippen LogP contribution in [0.4, 0.5) is 0 Å². The van der Waals surface area contributed by atoms with Crippen molar-refractivity contribution in [2.75, 3.05) is 66.8 Å². The third-order valence-corrected chi connectivity index (χ3v) is 7.40. The van der Waals surface area contributed by atoms with Crippen molar-refractivity contribution in [3.63, 3.8) is 0 Å². The number of nitrogens with zero attached hydrogens (tertiary/aromatic N) is 3.